The van der Waals surface area contributed by atoms with Crippen molar-refractivity contribution in [1.29, 1.82) is 0 Å². The zero-order chi connectivity index (χ0) is 19.1. The Morgan fingerprint density at radius 1 is 1.22 bits per heavy atom. The summed E-state index contributed by atoms with van der Waals surface area (Å²) in [6, 6.07) is 15.7. The Balaban J connectivity index is 1.59. The first-order valence-corrected chi connectivity index (χ1v) is 9.25. The van der Waals surface area contributed by atoms with Gasteiger partial charge in [0.2, 0.25) is 5.91 Å². The second-order valence-electron chi connectivity index (χ2n) is 6.32. The molecule has 140 valence electrons. The van der Waals surface area contributed by atoms with Crippen molar-refractivity contribution in [3.8, 4) is 5.75 Å². The smallest absolute Gasteiger partial charge is 0.244 e. The number of methoxy groups -OCH3 is 1. The average molecular weight is 363 g/mol. The van der Waals surface area contributed by atoms with Crippen LogP contribution in [0, 0.1) is 0 Å². The van der Waals surface area contributed by atoms with Crippen LogP contribution in [-0.4, -0.2) is 29.1 Å². The van der Waals surface area contributed by atoms with Crippen LogP contribution >= 0.6 is 0 Å². The van der Waals surface area contributed by atoms with Crippen LogP contribution in [0.4, 0.5) is 0 Å². The topological polar surface area (TPSA) is 56.2 Å². The lowest BCUT2D eigenvalue weighted by Gasteiger charge is -2.08. The molecule has 0 radical (unpaired) electrons. The van der Waals surface area contributed by atoms with Crippen LogP contribution in [0.5, 0.6) is 5.75 Å². The predicted octanol–water partition coefficient (Wildman–Crippen LogP) is 3.83. The zero-order valence-corrected chi connectivity index (χ0v) is 15.8. The number of carbonyl (C=O) groups is 1. The van der Waals surface area contributed by atoms with Gasteiger partial charge in [0, 0.05) is 25.6 Å². The van der Waals surface area contributed by atoms with Gasteiger partial charge in [0.05, 0.1) is 18.1 Å². The number of aryl methyl sites for hydroxylation is 1. The summed E-state index contributed by atoms with van der Waals surface area (Å²) >= 11 is 0. The maximum atomic E-state index is 12.1. The molecule has 0 fully saturated rings. The number of fused-ring (bicyclic) bond motifs is 1. The summed E-state index contributed by atoms with van der Waals surface area (Å²) < 4.78 is 7.43. The van der Waals surface area contributed by atoms with Gasteiger partial charge < -0.3 is 14.6 Å². The van der Waals surface area contributed by atoms with Gasteiger partial charge in [0.25, 0.3) is 0 Å². The SMILES string of the molecule is CCCn1c(CCNC(=O)/C=C/c2cccc(OC)c2)nc2ccccc21. The molecule has 0 saturated heterocycles. The molecule has 0 aliphatic rings. The van der Waals surface area contributed by atoms with E-state index >= 15 is 0 Å². The van der Waals surface area contributed by atoms with Gasteiger partial charge in [-0.1, -0.05) is 31.2 Å². The van der Waals surface area contributed by atoms with Gasteiger partial charge in [-0.3, -0.25) is 4.79 Å². The van der Waals surface area contributed by atoms with Gasteiger partial charge >= 0.3 is 0 Å². The molecule has 27 heavy (non-hydrogen) atoms. The molecule has 2 aromatic carbocycles. The van der Waals surface area contributed by atoms with Crippen LogP contribution in [0.15, 0.2) is 54.6 Å². The highest BCUT2D eigenvalue weighted by Crippen LogP contribution is 2.17. The molecule has 0 spiro atoms. The summed E-state index contributed by atoms with van der Waals surface area (Å²) in [5.74, 6) is 1.67. The Morgan fingerprint density at radius 3 is 2.89 bits per heavy atom. The number of para-hydroxylation sites is 2. The van der Waals surface area contributed by atoms with Crippen LogP contribution in [0.1, 0.15) is 24.7 Å². The lowest BCUT2D eigenvalue weighted by atomic mass is 10.2. The molecule has 0 aliphatic heterocycles. The number of carbonyl (C=O) groups excluding carboxylic acids is 1. The maximum absolute atomic E-state index is 12.1. The zero-order valence-electron chi connectivity index (χ0n) is 15.8. The molecule has 1 heterocycles. The summed E-state index contributed by atoms with van der Waals surface area (Å²) in [5, 5.41) is 2.93. The van der Waals surface area contributed by atoms with E-state index in [9.17, 15) is 4.79 Å². The van der Waals surface area contributed by atoms with Crippen LogP contribution in [-0.2, 0) is 17.8 Å². The van der Waals surface area contributed by atoms with Crippen molar-refractivity contribution >= 4 is 23.0 Å². The van der Waals surface area contributed by atoms with Crippen LogP contribution < -0.4 is 10.1 Å². The summed E-state index contributed by atoms with van der Waals surface area (Å²) in [4.78, 5) is 16.8. The lowest BCUT2D eigenvalue weighted by molar-refractivity contribution is -0.116. The lowest BCUT2D eigenvalue weighted by Crippen LogP contribution is -2.24. The Morgan fingerprint density at radius 2 is 2.07 bits per heavy atom. The molecular weight excluding hydrogens is 338 g/mol. The van der Waals surface area contributed by atoms with Crippen LogP contribution in [0.2, 0.25) is 0 Å². The quantitative estimate of drug-likeness (QED) is 0.619. The first-order valence-electron chi connectivity index (χ1n) is 9.25. The van der Waals surface area contributed by atoms with Crippen molar-refractivity contribution in [2.24, 2.45) is 0 Å². The molecule has 5 nitrogen and oxygen atoms in total. The number of hydrogen-bond donors (Lipinski definition) is 1. The highest BCUT2D eigenvalue weighted by Gasteiger charge is 2.09. The summed E-state index contributed by atoms with van der Waals surface area (Å²) in [7, 11) is 1.63. The first-order chi connectivity index (χ1) is 13.2. The number of benzene rings is 2. The number of hydrogen-bond acceptors (Lipinski definition) is 3. The van der Waals surface area contributed by atoms with E-state index in [1.807, 2.05) is 42.5 Å². The standard InChI is InChI=1S/C22H25N3O2/c1-3-15-25-20-10-5-4-9-19(20)24-21(25)13-14-23-22(26)12-11-17-7-6-8-18(16-17)27-2/h4-12,16H,3,13-15H2,1-2H3,(H,23,26)/b12-11+. The number of aromatic nitrogens is 2. The third kappa shape index (κ3) is 4.76. The number of imidazole rings is 1. The fourth-order valence-corrected chi connectivity index (χ4v) is 3.06. The molecule has 0 aliphatic carbocycles. The average Bonchev–Trinajstić information content (AvgIpc) is 3.04. The molecule has 0 atom stereocenters. The van der Waals surface area contributed by atoms with E-state index in [2.05, 4.69) is 22.9 Å². The van der Waals surface area contributed by atoms with E-state index in [0.29, 0.717) is 13.0 Å². The van der Waals surface area contributed by atoms with E-state index in [-0.39, 0.29) is 5.91 Å². The second-order valence-corrected chi connectivity index (χ2v) is 6.32. The third-order valence-corrected chi connectivity index (χ3v) is 4.35. The fourth-order valence-electron chi connectivity index (χ4n) is 3.06. The van der Waals surface area contributed by atoms with Crippen LogP contribution in [0.3, 0.4) is 0 Å². The van der Waals surface area contributed by atoms with E-state index in [1.165, 1.54) is 0 Å². The Kier molecular flexibility index (Phi) is 6.26. The molecule has 3 rings (SSSR count). The predicted molar refractivity (Wildman–Crippen MR) is 109 cm³/mol. The summed E-state index contributed by atoms with van der Waals surface area (Å²) in [6.45, 7) is 3.64. The van der Waals surface area contributed by atoms with Crippen molar-refractivity contribution in [2.45, 2.75) is 26.3 Å². The monoisotopic (exact) mass is 363 g/mol. The highest BCUT2D eigenvalue weighted by molar-refractivity contribution is 5.91. The Bertz CT molecular complexity index is 944. The third-order valence-electron chi connectivity index (χ3n) is 4.35. The normalized spacial score (nSPS) is 11.2. The second kappa shape index (κ2) is 9.03. The molecule has 1 aromatic heterocycles. The summed E-state index contributed by atoms with van der Waals surface area (Å²) in [6.07, 6.45) is 5.07. The molecule has 3 aromatic rings. The number of nitrogens with zero attached hydrogens (tertiary/aromatic N) is 2. The molecule has 0 bridgehead atoms. The van der Waals surface area contributed by atoms with Gasteiger partial charge in [-0.2, -0.15) is 0 Å². The molecule has 0 saturated carbocycles. The van der Waals surface area contributed by atoms with E-state index in [1.54, 1.807) is 19.3 Å². The van der Waals surface area contributed by atoms with E-state index in [0.717, 1.165) is 41.1 Å². The Hall–Kier alpha value is -3.08. The molecule has 1 N–H and O–H groups in total. The minimum atomic E-state index is -0.115. The first kappa shape index (κ1) is 18.7. The van der Waals surface area contributed by atoms with Gasteiger partial charge in [0.15, 0.2) is 0 Å². The maximum Gasteiger partial charge on any atom is 0.244 e. The van der Waals surface area contributed by atoms with Crippen molar-refractivity contribution in [3.05, 3.63) is 66.0 Å². The van der Waals surface area contributed by atoms with Crippen molar-refractivity contribution < 1.29 is 9.53 Å². The number of rotatable bonds is 8. The largest absolute Gasteiger partial charge is 0.497 e. The molecule has 5 heteroatoms. The molecule has 0 unspecified atom stereocenters. The molecule has 1 amide bonds. The fraction of sp³-hybridized carbons (Fsp3) is 0.273. The summed E-state index contributed by atoms with van der Waals surface area (Å²) in [5.41, 5.74) is 3.08. The van der Waals surface area contributed by atoms with Crippen molar-refractivity contribution in [2.75, 3.05) is 13.7 Å². The van der Waals surface area contributed by atoms with Gasteiger partial charge in [-0.25, -0.2) is 4.98 Å². The number of ether oxygens (including phenoxy) is 1. The van der Waals surface area contributed by atoms with Crippen LogP contribution in [0.25, 0.3) is 17.1 Å². The minimum absolute atomic E-state index is 0.115. The van der Waals surface area contributed by atoms with Gasteiger partial charge in [-0.05, 0) is 42.3 Å². The highest BCUT2D eigenvalue weighted by atomic mass is 16.5. The van der Waals surface area contributed by atoms with E-state index in [4.69, 9.17) is 9.72 Å². The van der Waals surface area contributed by atoms with Gasteiger partial charge in [-0.15, -0.1) is 0 Å². The molecular formula is C22H25N3O2. The number of amides is 1. The van der Waals surface area contributed by atoms with Crippen molar-refractivity contribution in [1.82, 2.24) is 14.9 Å². The Labute approximate surface area is 159 Å². The minimum Gasteiger partial charge on any atom is -0.497 e. The van der Waals surface area contributed by atoms with E-state index < -0.39 is 0 Å². The number of nitrogens with one attached hydrogen (secondary N) is 1. The van der Waals surface area contributed by atoms with Gasteiger partial charge in [0.1, 0.15) is 11.6 Å². The van der Waals surface area contributed by atoms with Crippen molar-refractivity contribution in [3.63, 3.8) is 0 Å².